The predicted molar refractivity (Wildman–Crippen MR) is 69.2 cm³/mol. The summed E-state index contributed by atoms with van der Waals surface area (Å²) in [4.78, 5) is 0. The molecule has 2 rings (SSSR count). The molecular formula is C15H23N. The lowest BCUT2D eigenvalue weighted by Crippen LogP contribution is -2.48. The minimum atomic E-state index is -0.107. The maximum atomic E-state index is 6.68. The second-order valence-electron chi connectivity index (χ2n) is 5.57. The van der Waals surface area contributed by atoms with E-state index in [1.807, 2.05) is 0 Å². The number of nitrogens with two attached hydrogens (primary N) is 1. The summed E-state index contributed by atoms with van der Waals surface area (Å²) >= 11 is 0. The van der Waals surface area contributed by atoms with Crippen molar-refractivity contribution in [3.8, 4) is 0 Å². The van der Waals surface area contributed by atoms with E-state index in [2.05, 4.69) is 45.0 Å². The molecule has 1 aromatic carbocycles. The molecule has 3 unspecified atom stereocenters. The Morgan fingerprint density at radius 2 is 2.06 bits per heavy atom. The van der Waals surface area contributed by atoms with Gasteiger partial charge in [-0.05, 0) is 30.7 Å². The number of rotatable bonds is 1. The van der Waals surface area contributed by atoms with Crippen LogP contribution in [0.4, 0.5) is 0 Å². The molecule has 88 valence electrons. The van der Waals surface area contributed by atoms with E-state index in [0.717, 1.165) is 12.3 Å². The average Bonchev–Trinajstić information content (AvgIpc) is 2.26. The lowest BCUT2D eigenvalue weighted by atomic mass is 9.66. The molecule has 0 aromatic heterocycles. The van der Waals surface area contributed by atoms with Crippen LogP contribution in [0.3, 0.4) is 0 Å². The molecular weight excluding hydrogens is 194 g/mol. The molecule has 0 saturated heterocycles. The van der Waals surface area contributed by atoms with Gasteiger partial charge < -0.3 is 5.73 Å². The molecule has 1 fully saturated rings. The summed E-state index contributed by atoms with van der Waals surface area (Å²) < 4.78 is 0. The van der Waals surface area contributed by atoms with Crippen LogP contribution in [-0.2, 0) is 5.54 Å². The summed E-state index contributed by atoms with van der Waals surface area (Å²) in [5.74, 6) is 1.31. The Bertz CT molecular complexity index is 371. The van der Waals surface area contributed by atoms with Gasteiger partial charge >= 0.3 is 0 Å². The average molecular weight is 217 g/mol. The van der Waals surface area contributed by atoms with Gasteiger partial charge in [-0.25, -0.2) is 0 Å². The van der Waals surface area contributed by atoms with E-state index >= 15 is 0 Å². The molecule has 2 N–H and O–H groups in total. The van der Waals surface area contributed by atoms with E-state index in [1.165, 1.54) is 24.0 Å². The van der Waals surface area contributed by atoms with Gasteiger partial charge in [0.05, 0.1) is 0 Å². The molecule has 1 saturated carbocycles. The van der Waals surface area contributed by atoms with Gasteiger partial charge in [0.25, 0.3) is 0 Å². The van der Waals surface area contributed by atoms with Gasteiger partial charge in [0.2, 0.25) is 0 Å². The zero-order chi connectivity index (χ0) is 11.8. The predicted octanol–water partition coefficient (Wildman–Crippen LogP) is 3.61. The van der Waals surface area contributed by atoms with Crippen LogP contribution in [-0.4, -0.2) is 0 Å². The highest BCUT2D eigenvalue weighted by Crippen LogP contribution is 2.42. The van der Waals surface area contributed by atoms with Crippen molar-refractivity contribution >= 4 is 0 Å². The summed E-state index contributed by atoms with van der Waals surface area (Å²) in [6, 6.07) is 8.73. The van der Waals surface area contributed by atoms with E-state index in [4.69, 9.17) is 5.73 Å². The van der Waals surface area contributed by atoms with Gasteiger partial charge in [-0.2, -0.15) is 0 Å². The molecule has 3 atom stereocenters. The summed E-state index contributed by atoms with van der Waals surface area (Å²) in [6.45, 7) is 6.79. The number of benzene rings is 1. The Hall–Kier alpha value is -0.820. The van der Waals surface area contributed by atoms with Gasteiger partial charge in [-0.1, -0.05) is 56.5 Å². The molecule has 0 amide bonds. The van der Waals surface area contributed by atoms with Crippen molar-refractivity contribution in [2.24, 2.45) is 17.6 Å². The molecule has 0 aliphatic heterocycles. The Labute approximate surface area is 99.0 Å². The largest absolute Gasteiger partial charge is 0.321 e. The first kappa shape index (κ1) is 11.7. The van der Waals surface area contributed by atoms with E-state index in [-0.39, 0.29) is 5.54 Å². The highest BCUT2D eigenvalue weighted by molar-refractivity contribution is 5.30. The van der Waals surface area contributed by atoms with Crippen molar-refractivity contribution in [2.45, 2.75) is 45.6 Å². The molecule has 16 heavy (non-hydrogen) atoms. The van der Waals surface area contributed by atoms with E-state index < -0.39 is 0 Å². The molecule has 1 aliphatic rings. The molecule has 0 bridgehead atoms. The zero-order valence-electron chi connectivity index (χ0n) is 10.7. The van der Waals surface area contributed by atoms with Crippen LogP contribution in [0.5, 0.6) is 0 Å². The Balaban J connectivity index is 2.36. The summed E-state index contributed by atoms with van der Waals surface area (Å²) in [5, 5.41) is 0. The van der Waals surface area contributed by atoms with Crippen molar-refractivity contribution < 1.29 is 0 Å². The molecule has 1 nitrogen and oxygen atoms in total. The molecule has 1 heteroatoms. The first-order chi connectivity index (χ1) is 7.54. The minimum absolute atomic E-state index is 0.107. The van der Waals surface area contributed by atoms with E-state index in [9.17, 15) is 0 Å². The van der Waals surface area contributed by atoms with Crippen LogP contribution < -0.4 is 5.73 Å². The SMILES string of the molecule is Cc1cccc(C2(N)CCCC(C)C2C)c1. The van der Waals surface area contributed by atoms with Crippen LogP contribution in [0.1, 0.15) is 44.2 Å². The highest BCUT2D eigenvalue weighted by atomic mass is 14.8. The molecule has 1 aromatic rings. The fraction of sp³-hybridized carbons (Fsp3) is 0.600. The number of aryl methyl sites for hydroxylation is 1. The Morgan fingerprint density at radius 1 is 1.31 bits per heavy atom. The van der Waals surface area contributed by atoms with Crippen LogP contribution in [0.15, 0.2) is 24.3 Å². The smallest absolute Gasteiger partial charge is 0.0438 e. The van der Waals surface area contributed by atoms with Crippen molar-refractivity contribution in [2.75, 3.05) is 0 Å². The molecule has 1 aliphatic carbocycles. The summed E-state index contributed by atoms with van der Waals surface area (Å²) in [5.41, 5.74) is 9.21. The third-order valence-corrected chi connectivity index (χ3v) is 4.47. The minimum Gasteiger partial charge on any atom is -0.321 e. The maximum Gasteiger partial charge on any atom is 0.0438 e. The van der Waals surface area contributed by atoms with Gasteiger partial charge in [-0.3, -0.25) is 0 Å². The van der Waals surface area contributed by atoms with Crippen molar-refractivity contribution in [1.29, 1.82) is 0 Å². The highest BCUT2D eigenvalue weighted by Gasteiger charge is 2.39. The first-order valence-corrected chi connectivity index (χ1v) is 6.40. The van der Waals surface area contributed by atoms with E-state index in [0.29, 0.717) is 5.92 Å². The van der Waals surface area contributed by atoms with Crippen LogP contribution in [0.2, 0.25) is 0 Å². The summed E-state index contributed by atoms with van der Waals surface area (Å²) in [7, 11) is 0. The van der Waals surface area contributed by atoms with Crippen molar-refractivity contribution in [3.05, 3.63) is 35.4 Å². The fourth-order valence-corrected chi connectivity index (χ4v) is 3.04. The second-order valence-corrected chi connectivity index (χ2v) is 5.57. The molecule has 0 spiro atoms. The normalized spacial score (nSPS) is 35.0. The summed E-state index contributed by atoms with van der Waals surface area (Å²) in [6.07, 6.45) is 3.71. The lowest BCUT2D eigenvalue weighted by molar-refractivity contribution is 0.144. The quantitative estimate of drug-likeness (QED) is 0.764. The Kier molecular flexibility index (Phi) is 3.07. The molecule has 0 radical (unpaired) electrons. The van der Waals surface area contributed by atoms with Gasteiger partial charge in [0, 0.05) is 5.54 Å². The standard InChI is InChI=1S/C15H23N/c1-11-6-4-8-14(10-11)15(16)9-5-7-12(2)13(15)3/h4,6,8,10,12-13H,5,7,9,16H2,1-3H3. The maximum absolute atomic E-state index is 6.68. The van der Waals surface area contributed by atoms with Crippen molar-refractivity contribution in [1.82, 2.24) is 0 Å². The monoisotopic (exact) mass is 217 g/mol. The van der Waals surface area contributed by atoms with Gasteiger partial charge in [-0.15, -0.1) is 0 Å². The van der Waals surface area contributed by atoms with E-state index in [1.54, 1.807) is 0 Å². The van der Waals surface area contributed by atoms with Crippen LogP contribution >= 0.6 is 0 Å². The van der Waals surface area contributed by atoms with Crippen molar-refractivity contribution in [3.63, 3.8) is 0 Å². The number of hydrogen-bond donors (Lipinski definition) is 1. The third-order valence-electron chi connectivity index (χ3n) is 4.47. The third kappa shape index (κ3) is 1.89. The lowest BCUT2D eigenvalue weighted by Gasteiger charge is -2.43. The topological polar surface area (TPSA) is 26.0 Å². The zero-order valence-corrected chi connectivity index (χ0v) is 10.7. The first-order valence-electron chi connectivity index (χ1n) is 6.40. The fourth-order valence-electron chi connectivity index (χ4n) is 3.04. The second kappa shape index (κ2) is 4.21. The molecule has 0 heterocycles. The van der Waals surface area contributed by atoms with Crippen LogP contribution in [0.25, 0.3) is 0 Å². The van der Waals surface area contributed by atoms with Gasteiger partial charge in [0.1, 0.15) is 0 Å². The van der Waals surface area contributed by atoms with Crippen LogP contribution in [0, 0.1) is 18.8 Å². The Morgan fingerprint density at radius 3 is 2.75 bits per heavy atom. The number of hydrogen-bond acceptors (Lipinski definition) is 1. The van der Waals surface area contributed by atoms with Gasteiger partial charge in [0.15, 0.2) is 0 Å².